The average molecular weight is 521 g/mol. The van der Waals surface area contributed by atoms with Gasteiger partial charge in [-0.05, 0) is 67.9 Å². The molecule has 1 fully saturated rings. The van der Waals surface area contributed by atoms with E-state index in [0.29, 0.717) is 43.4 Å². The Kier molecular flexibility index (Phi) is 10.5. The number of likely N-dealkylation sites (N-methyl/N-ethyl adjacent to an activating group) is 1. The molecule has 1 saturated heterocycles. The van der Waals surface area contributed by atoms with E-state index in [4.69, 9.17) is 9.47 Å². The third kappa shape index (κ3) is 6.64. The van der Waals surface area contributed by atoms with Crippen LogP contribution in [0.25, 0.3) is 5.76 Å². The first kappa shape index (κ1) is 29.0. The van der Waals surface area contributed by atoms with Gasteiger partial charge in [-0.3, -0.25) is 9.59 Å². The number of amides is 1. The number of carbonyl (C=O) groups is 2. The molecule has 0 aromatic heterocycles. The first-order valence-corrected chi connectivity index (χ1v) is 13.4. The van der Waals surface area contributed by atoms with E-state index in [1.165, 1.54) is 0 Å². The molecule has 1 heterocycles. The molecule has 204 valence electrons. The van der Waals surface area contributed by atoms with Crippen LogP contribution >= 0.6 is 0 Å². The highest BCUT2D eigenvalue weighted by atomic mass is 16.5. The molecule has 0 bridgehead atoms. The zero-order valence-corrected chi connectivity index (χ0v) is 23.0. The number of unbranched alkanes of at least 4 members (excludes halogenated alkanes) is 1. The van der Waals surface area contributed by atoms with Crippen molar-refractivity contribution < 1.29 is 24.2 Å². The number of nitrogens with zero attached hydrogens (tertiary/aromatic N) is 2. The third-order valence-electron chi connectivity index (χ3n) is 6.87. The van der Waals surface area contributed by atoms with Crippen molar-refractivity contribution in [2.24, 2.45) is 0 Å². The van der Waals surface area contributed by atoms with Crippen LogP contribution in [0.15, 0.2) is 60.7 Å². The lowest BCUT2D eigenvalue weighted by atomic mass is 9.94. The van der Waals surface area contributed by atoms with E-state index in [9.17, 15) is 14.7 Å². The summed E-state index contributed by atoms with van der Waals surface area (Å²) in [7, 11) is 0. The Morgan fingerprint density at radius 1 is 1.05 bits per heavy atom. The Labute approximate surface area is 226 Å². The number of ketones is 1. The number of Topliss-reactive ketones (excluding diaryl/α,β-unsaturated/α-hetero) is 1. The van der Waals surface area contributed by atoms with Crippen LogP contribution in [0.1, 0.15) is 56.3 Å². The molecule has 2 aromatic rings. The first-order valence-electron chi connectivity index (χ1n) is 13.4. The summed E-state index contributed by atoms with van der Waals surface area (Å²) in [5.41, 5.74) is 2.09. The molecule has 1 aliphatic rings. The van der Waals surface area contributed by atoms with Crippen LogP contribution in [0.3, 0.4) is 0 Å². The molecule has 3 rings (SSSR count). The number of aliphatic hydroxyl groups is 1. The Hall–Kier alpha value is -3.58. The molecule has 7 heteroatoms. The van der Waals surface area contributed by atoms with E-state index in [1.54, 1.807) is 35.2 Å². The largest absolute Gasteiger partial charge is 0.507 e. The molecule has 0 aliphatic carbocycles. The molecule has 1 amide bonds. The van der Waals surface area contributed by atoms with Crippen LogP contribution in [-0.4, -0.2) is 66.0 Å². The van der Waals surface area contributed by atoms with Crippen molar-refractivity contribution in [2.45, 2.75) is 46.6 Å². The molecule has 1 N–H and O–H groups in total. The Bertz CT molecular complexity index is 1150. The lowest BCUT2D eigenvalue weighted by molar-refractivity contribution is -0.140. The van der Waals surface area contributed by atoms with Crippen molar-refractivity contribution in [1.29, 1.82) is 0 Å². The molecular weight excluding hydrogens is 480 g/mol. The Balaban J connectivity index is 2.04. The van der Waals surface area contributed by atoms with Crippen molar-refractivity contribution in [3.05, 3.63) is 77.4 Å². The number of hydrogen-bond acceptors (Lipinski definition) is 6. The highest BCUT2D eigenvalue weighted by molar-refractivity contribution is 6.46. The summed E-state index contributed by atoms with van der Waals surface area (Å²) < 4.78 is 11.4. The number of likely N-dealkylation sites (tertiary alicyclic amines) is 1. The highest BCUT2D eigenvalue weighted by Crippen LogP contribution is 2.40. The zero-order chi connectivity index (χ0) is 27.7. The van der Waals surface area contributed by atoms with E-state index in [1.807, 2.05) is 25.1 Å². The minimum atomic E-state index is -0.709. The fourth-order valence-electron chi connectivity index (χ4n) is 4.62. The lowest BCUT2D eigenvalue weighted by Crippen LogP contribution is -2.38. The van der Waals surface area contributed by atoms with Crippen LogP contribution < -0.4 is 9.47 Å². The highest BCUT2D eigenvalue weighted by Gasteiger charge is 2.46. The SMILES string of the molecule is C=CCOc1ccc(C2C(=C(O)c3ccc(OCCCC)cc3C)C(=O)C(=O)N2CCN(CC)CC)cc1. The van der Waals surface area contributed by atoms with Gasteiger partial charge in [0, 0.05) is 18.7 Å². The summed E-state index contributed by atoms with van der Waals surface area (Å²) in [5.74, 6) is -0.0973. The van der Waals surface area contributed by atoms with Crippen molar-refractivity contribution in [3.63, 3.8) is 0 Å². The predicted molar refractivity (Wildman–Crippen MR) is 151 cm³/mol. The van der Waals surface area contributed by atoms with Gasteiger partial charge in [-0.1, -0.05) is 52.0 Å². The quantitative estimate of drug-likeness (QED) is 0.116. The smallest absolute Gasteiger partial charge is 0.295 e. The van der Waals surface area contributed by atoms with Gasteiger partial charge < -0.3 is 24.4 Å². The summed E-state index contributed by atoms with van der Waals surface area (Å²) in [6.45, 7) is 15.4. The van der Waals surface area contributed by atoms with E-state index in [0.717, 1.165) is 37.1 Å². The number of aryl methyl sites for hydroxylation is 1. The fraction of sp³-hybridized carbons (Fsp3) is 0.419. The number of rotatable bonds is 14. The number of aliphatic hydroxyl groups excluding tert-OH is 1. The molecule has 0 radical (unpaired) electrons. The topological polar surface area (TPSA) is 79.3 Å². The van der Waals surface area contributed by atoms with Gasteiger partial charge in [0.05, 0.1) is 18.2 Å². The second kappa shape index (κ2) is 13.8. The van der Waals surface area contributed by atoms with Crippen molar-refractivity contribution in [2.75, 3.05) is 39.4 Å². The second-order valence-corrected chi connectivity index (χ2v) is 9.37. The Morgan fingerprint density at radius 3 is 2.34 bits per heavy atom. The average Bonchev–Trinajstić information content (AvgIpc) is 3.17. The second-order valence-electron chi connectivity index (χ2n) is 9.37. The summed E-state index contributed by atoms with van der Waals surface area (Å²) in [5, 5.41) is 11.5. The van der Waals surface area contributed by atoms with Crippen LogP contribution in [0.2, 0.25) is 0 Å². The maximum Gasteiger partial charge on any atom is 0.295 e. The molecule has 1 atom stereocenters. The minimum absolute atomic E-state index is 0.0945. The Morgan fingerprint density at radius 2 is 1.74 bits per heavy atom. The molecule has 0 spiro atoms. The van der Waals surface area contributed by atoms with Gasteiger partial charge in [0.25, 0.3) is 11.7 Å². The fourth-order valence-corrected chi connectivity index (χ4v) is 4.62. The molecule has 1 aliphatic heterocycles. The monoisotopic (exact) mass is 520 g/mol. The molecule has 1 unspecified atom stereocenters. The summed E-state index contributed by atoms with van der Waals surface area (Å²) in [6.07, 6.45) is 3.65. The van der Waals surface area contributed by atoms with Crippen molar-refractivity contribution >= 4 is 17.4 Å². The zero-order valence-electron chi connectivity index (χ0n) is 23.0. The van der Waals surface area contributed by atoms with E-state index in [-0.39, 0.29) is 11.3 Å². The van der Waals surface area contributed by atoms with Crippen molar-refractivity contribution in [3.8, 4) is 11.5 Å². The van der Waals surface area contributed by atoms with Crippen LogP contribution in [0.4, 0.5) is 0 Å². The van der Waals surface area contributed by atoms with Gasteiger partial charge in [0.2, 0.25) is 0 Å². The van der Waals surface area contributed by atoms with Gasteiger partial charge in [-0.15, -0.1) is 0 Å². The van der Waals surface area contributed by atoms with E-state index in [2.05, 4.69) is 32.3 Å². The molecule has 2 aromatic carbocycles. The van der Waals surface area contributed by atoms with Crippen LogP contribution in [0.5, 0.6) is 11.5 Å². The molecular formula is C31H40N2O5. The normalized spacial score (nSPS) is 16.8. The minimum Gasteiger partial charge on any atom is -0.507 e. The standard InChI is InChI=1S/C31H40N2O5/c1-6-10-20-38-25-15-16-26(22(5)21-25)29(34)27-28(23-11-13-24(14-12-23)37-19-7-2)33(31(36)30(27)35)18-17-32(8-3)9-4/h7,11-16,21,28,34H,2,6,8-10,17-20H2,1,3-5H3. The summed E-state index contributed by atoms with van der Waals surface area (Å²) >= 11 is 0. The number of ether oxygens (including phenoxy) is 2. The maximum atomic E-state index is 13.4. The van der Waals surface area contributed by atoms with Crippen molar-refractivity contribution in [1.82, 2.24) is 9.80 Å². The summed E-state index contributed by atoms with van der Waals surface area (Å²) in [4.78, 5) is 30.4. The number of carbonyl (C=O) groups excluding carboxylic acids is 2. The number of hydrogen-bond donors (Lipinski definition) is 1. The molecule has 38 heavy (non-hydrogen) atoms. The number of benzene rings is 2. The van der Waals surface area contributed by atoms with Crippen LogP contribution in [0, 0.1) is 6.92 Å². The van der Waals surface area contributed by atoms with Gasteiger partial charge in [0.1, 0.15) is 23.9 Å². The molecule has 7 nitrogen and oxygen atoms in total. The predicted octanol–water partition coefficient (Wildman–Crippen LogP) is 5.50. The van der Waals surface area contributed by atoms with E-state index < -0.39 is 17.7 Å². The van der Waals surface area contributed by atoms with Gasteiger partial charge in [-0.25, -0.2) is 0 Å². The maximum absolute atomic E-state index is 13.4. The van der Waals surface area contributed by atoms with Crippen LogP contribution in [-0.2, 0) is 9.59 Å². The lowest BCUT2D eigenvalue weighted by Gasteiger charge is -2.28. The third-order valence-corrected chi connectivity index (χ3v) is 6.87. The summed E-state index contributed by atoms with van der Waals surface area (Å²) in [6, 6.07) is 12.0. The first-order chi connectivity index (χ1) is 18.4. The van der Waals surface area contributed by atoms with E-state index >= 15 is 0 Å². The molecule has 0 saturated carbocycles. The van der Waals surface area contributed by atoms with Gasteiger partial charge >= 0.3 is 0 Å². The van der Waals surface area contributed by atoms with Gasteiger partial charge in [-0.2, -0.15) is 0 Å². The van der Waals surface area contributed by atoms with Gasteiger partial charge in [0.15, 0.2) is 0 Å².